The van der Waals surface area contributed by atoms with E-state index >= 15 is 0 Å². The predicted octanol–water partition coefficient (Wildman–Crippen LogP) is 4.15. The first-order valence-electron chi connectivity index (χ1n) is 8.68. The first kappa shape index (κ1) is 16.5. The fraction of sp³-hybridized carbons (Fsp3) is 0.350. The number of para-hydroxylation sites is 1. The van der Waals surface area contributed by atoms with Crippen molar-refractivity contribution in [1.29, 1.82) is 0 Å². The van der Waals surface area contributed by atoms with Gasteiger partial charge < -0.3 is 15.0 Å². The molecule has 2 atom stereocenters. The summed E-state index contributed by atoms with van der Waals surface area (Å²) in [7, 11) is 0. The van der Waals surface area contributed by atoms with Gasteiger partial charge in [0, 0.05) is 23.7 Å². The zero-order valence-electron chi connectivity index (χ0n) is 14.3. The fourth-order valence-corrected chi connectivity index (χ4v) is 3.95. The zero-order chi connectivity index (χ0) is 17.2. The van der Waals surface area contributed by atoms with Crippen molar-refractivity contribution >= 4 is 23.4 Å². The molecule has 0 aromatic heterocycles. The van der Waals surface area contributed by atoms with E-state index in [1.807, 2.05) is 29.2 Å². The molecule has 5 heteroatoms. The van der Waals surface area contributed by atoms with Crippen LogP contribution in [0.25, 0.3) is 0 Å². The summed E-state index contributed by atoms with van der Waals surface area (Å²) in [4.78, 5) is 16.3. The number of anilines is 1. The molecule has 1 amide bonds. The Bertz CT molecular complexity index is 757. The molecule has 1 N–H and O–H groups in total. The fourth-order valence-electron chi connectivity index (χ4n) is 3.54. The van der Waals surface area contributed by atoms with Crippen LogP contribution in [-0.2, 0) is 4.74 Å². The van der Waals surface area contributed by atoms with Gasteiger partial charge in [-0.15, -0.1) is 11.8 Å². The van der Waals surface area contributed by atoms with Crippen LogP contribution in [0.2, 0.25) is 0 Å². The second kappa shape index (κ2) is 7.10. The Morgan fingerprint density at radius 2 is 2.00 bits per heavy atom. The molecule has 130 valence electrons. The third-order valence-corrected chi connectivity index (χ3v) is 5.62. The van der Waals surface area contributed by atoms with E-state index in [9.17, 15) is 4.79 Å². The maximum atomic E-state index is 13.1. The number of hydrogen-bond donors (Lipinski definition) is 1. The third-order valence-electron chi connectivity index (χ3n) is 4.88. The molecule has 0 unspecified atom stereocenters. The van der Waals surface area contributed by atoms with E-state index in [1.165, 1.54) is 4.90 Å². The number of ether oxygens (including phenoxy) is 1. The molecule has 0 aliphatic carbocycles. The molecule has 1 saturated heterocycles. The molecular formula is C20H22N2O2S. The third kappa shape index (κ3) is 3.26. The number of rotatable bonds is 4. The maximum Gasteiger partial charge on any atom is 0.257 e. The van der Waals surface area contributed by atoms with E-state index in [4.69, 9.17) is 4.74 Å². The van der Waals surface area contributed by atoms with Gasteiger partial charge in [0.05, 0.1) is 11.7 Å². The second-order valence-corrected chi connectivity index (χ2v) is 7.34. The second-order valence-electron chi connectivity index (χ2n) is 6.46. The lowest BCUT2D eigenvalue weighted by Gasteiger charge is -2.39. The minimum Gasteiger partial charge on any atom is -0.376 e. The molecule has 2 aliphatic heterocycles. The van der Waals surface area contributed by atoms with Gasteiger partial charge in [0.1, 0.15) is 6.17 Å². The Labute approximate surface area is 152 Å². The van der Waals surface area contributed by atoms with E-state index in [1.54, 1.807) is 11.8 Å². The van der Waals surface area contributed by atoms with Crippen molar-refractivity contribution in [2.75, 3.05) is 24.7 Å². The van der Waals surface area contributed by atoms with Crippen molar-refractivity contribution in [3.05, 3.63) is 59.7 Å². The molecule has 2 aliphatic rings. The van der Waals surface area contributed by atoms with Crippen molar-refractivity contribution < 1.29 is 9.53 Å². The highest BCUT2D eigenvalue weighted by Crippen LogP contribution is 2.34. The number of fused-ring (bicyclic) bond motifs is 1. The number of thioether (sulfide) groups is 1. The summed E-state index contributed by atoms with van der Waals surface area (Å²) in [5, 5.41) is 3.55. The van der Waals surface area contributed by atoms with Gasteiger partial charge in [0.2, 0.25) is 0 Å². The van der Waals surface area contributed by atoms with Crippen molar-refractivity contribution in [3.8, 4) is 0 Å². The van der Waals surface area contributed by atoms with E-state index < -0.39 is 0 Å². The number of amides is 1. The molecule has 2 aromatic rings. The topological polar surface area (TPSA) is 41.6 Å². The Morgan fingerprint density at radius 1 is 1.20 bits per heavy atom. The van der Waals surface area contributed by atoms with E-state index in [0.717, 1.165) is 36.3 Å². The first-order chi connectivity index (χ1) is 12.3. The number of benzene rings is 2. The molecule has 25 heavy (non-hydrogen) atoms. The lowest BCUT2D eigenvalue weighted by Crippen LogP contribution is -2.46. The molecule has 4 rings (SSSR count). The minimum atomic E-state index is -0.164. The van der Waals surface area contributed by atoms with Gasteiger partial charge in [-0.1, -0.05) is 24.3 Å². The zero-order valence-corrected chi connectivity index (χ0v) is 15.1. The molecule has 2 heterocycles. The normalized spacial score (nSPS) is 22.6. The van der Waals surface area contributed by atoms with Gasteiger partial charge in [0.25, 0.3) is 5.91 Å². The molecule has 0 bridgehead atoms. The average molecular weight is 354 g/mol. The quantitative estimate of drug-likeness (QED) is 0.838. The standard InChI is InChI=1S/C20H22N2O2S/c1-25-16-10-8-14(9-11-16)19-21-18-7-3-2-6-17(18)20(23)22(19)13-15-5-4-12-24-15/h2-3,6-11,15,19,21H,4-5,12-13H2,1H3/t15-,19-/m1/s1. The van der Waals surface area contributed by atoms with Crippen molar-refractivity contribution in [1.82, 2.24) is 4.90 Å². The lowest BCUT2D eigenvalue weighted by atomic mass is 10.0. The predicted molar refractivity (Wildman–Crippen MR) is 101 cm³/mol. The van der Waals surface area contributed by atoms with Gasteiger partial charge >= 0.3 is 0 Å². The summed E-state index contributed by atoms with van der Waals surface area (Å²) < 4.78 is 5.79. The molecule has 2 aromatic carbocycles. The summed E-state index contributed by atoms with van der Waals surface area (Å²) in [6, 6.07) is 16.2. The maximum absolute atomic E-state index is 13.1. The molecule has 1 fully saturated rings. The molecule has 0 saturated carbocycles. The van der Waals surface area contributed by atoms with Crippen LogP contribution < -0.4 is 5.32 Å². The Morgan fingerprint density at radius 3 is 2.72 bits per heavy atom. The average Bonchev–Trinajstić information content (AvgIpc) is 3.17. The van der Waals surface area contributed by atoms with Gasteiger partial charge in [-0.2, -0.15) is 0 Å². The summed E-state index contributed by atoms with van der Waals surface area (Å²) >= 11 is 1.72. The van der Waals surface area contributed by atoms with E-state index in [0.29, 0.717) is 6.54 Å². The molecule has 4 nitrogen and oxygen atoms in total. The van der Waals surface area contributed by atoms with Crippen LogP contribution in [0.1, 0.15) is 34.9 Å². The van der Waals surface area contributed by atoms with E-state index in [-0.39, 0.29) is 18.2 Å². The number of carbonyl (C=O) groups is 1. The van der Waals surface area contributed by atoms with Crippen LogP contribution >= 0.6 is 11.8 Å². The SMILES string of the molecule is CSc1ccc([C@@H]2Nc3ccccc3C(=O)N2C[C@H]2CCCO2)cc1. The van der Waals surface area contributed by atoms with Crippen molar-refractivity contribution in [2.24, 2.45) is 0 Å². The van der Waals surface area contributed by atoms with Crippen LogP contribution in [0.3, 0.4) is 0 Å². The first-order valence-corrected chi connectivity index (χ1v) is 9.91. The lowest BCUT2D eigenvalue weighted by molar-refractivity contribution is 0.0427. The number of nitrogens with zero attached hydrogens (tertiary/aromatic N) is 1. The van der Waals surface area contributed by atoms with Crippen LogP contribution in [0.15, 0.2) is 53.4 Å². The Balaban J connectivity index is 1.68. The van der Waals surface area contributed by atoms with Gasteiger partial charge in [-0.05, 0) is 48.9 Å². The summed E-state index contributed by atoms with van der Waals surface area (Å²) in [5.41, 5.74) is 2.73. The Hall–Kier alpha value is -1.98. The summed E-state index contributed by atoms with van der Waals surface area (Å²) in [5.74, 6) is 0.0730. The van der Waals surface area contributed by atoms with Gasteiger partial charge in [-0.25, -0.2) is 0 Å². The van der Waals surface area contributed by atoms with Crippen LogP contribution in [0.4, 0.5) is 5.69 Å². The van der Waals surface area contributed by atoms with Crippen LogP contribution in [0, 0.1) is 0 Å². The van der Waals surface area contributed by atoms with E-state index in [2.05, 4.69) is 35.8 Å². The van der Waals surface area contributed by atoms with Gasteiger partial charge in [-0.3, -0.25) is 4.79 Å². The summed E-state index contributed by atoms with van der Waals surface area (Å²) in [6.07, 6.45) is 4.12. The highest BCUT2D eigenvalue weighted by atomic mass is 32.2. The van der Waals surface area contributed by atoms with Gasteiger partial charge in [0.15, 0.2) is 0 Å². The number of carbonyl (C=O) groups excluding carboxylic acids is 1. The van der Waals surface area contributed by atoms with Crippen molar-refractivity contribution in [3.63, 3.8) is 0 Å². The molecule has 0 spiro atoms. The highest BCUT2D eigenvalue weighted by molar-refractivity contribution is 7.98. The van der Waals surface area contributed by atoms with Crippen LogP contribution in [0.5, 0.6) is 0 Å². The largest absolute Gasteiger partial charge is 0.376 e. The molecule has 0 radical (unpaired) electrons. The number of nitrogens with one attached hydrogen (secondary N) is 1. The number of hydrogen-bond acceptors (Lipinski definition) is 4. The summed E-state index contributed by atoms with van der Waals surface area (Å²) in [6.45, 7) is 1.42. The Kier molecular flexibility index (Phi) is 4.68. The monoisotopic (exact) mass is 354 g/mol. The van der Waals surface area contributed by atoms with Crippen LogP contribution in [-0.4, -0.2) is 36.3 Å². The minimum absolute atomic E-state index is 0.0730. The molecular weight excluding hydrogens is 332 g/mol. The highest BCUT2D eigenvalue weighted by Gasteiger charge is 2.35. The smallest absolute Gasteiger partial charge is 0.257 e. The van der Waals surface area contributed by atoms with Crippen molar-refractivity contribution in [2.45, 2.75) is 30.0 Å².